The van der Waals surface area contributed by atoms with Gasteiger partial charge in [-0.15, -0.1) is 10.2 Å². The molecule has 1 amide bonds. The minimum atomic E-state index is -0.0276. The smallest absolute Gasteiger partial charge is 0.234 e. The lowest BCUT2D eigenvalue weighted by atomic mass is 9.49. The Morgan fingerprint density at radius 3 is 2.12 bits per heavy atom. The molecule has 0 saturated heterocycles. The van der Waals surface area contributed by atoms with Gasteiger partial charge in [-0.1, -0.05) is 48.2 Å². The fraction of sp³-hybridized carbons (Fsp3) is 0.423. The van der Waals surface area contributed by atoms with Crippen molar-refractivity contribution in [2.75, 3.05) is 11.1 Å². The normalized spacial score (nSPS) is 28.1. The summed E-state index contributed by atoms with van der Waals surface area (Å²) in [5.74, 6) is 3.93. The number of anilines is 1. The van der Waals surface area contributed by atoms with E-state index in [9.17, 15) is 4.79 Å². The standard InChI is InChI=1S/C26H28N4OS/c31-23(27-21-7-3-1-4-8-21)17-32-25-29-28-24(30(25)22-9-5-2-6-10-22)26-14-18-11-19(15-26)13-20(12-18)16-26/h1-10,18-20H,11-17H2,(H,27,31). The van der Waals surface area contributed by atoms with Crippen LogP contribution in [0.25, 0.3) is 5.69 Å². The number of rotatable bonds is 6. The van der Waals surface area contributed by atoms with Crippen LogP contribution in [0.5, 0.6) is 0 Å². The van der Waals surface area contributed by atoms with Crippen molar-refractivity contribution >= 4 is 23.4 Å². The van der Waals surface area contributed by atoms with Crippen molar-refractivity contribution in [2.24, 2.45) is 17.8 Å². The van der Waals surface area contributed by atoms with E-state index in [2.05, 4.69) is 39.2 Å². The number of nitrogens with zero attached hydrogens (tertiary/aromatic N) is 3. The Labute approximate surface area is 193 Å². The first kappa shape index (κ1) is 20.0. The number of amides is 1. The van der Waals surface area contributed by atoms with Gasteiger partial charge in [-0.3, -0.25) is 9.36 Å². The minimum absolute atomic E-state index is 0.0276. The number of benzene rings is 2. The molecule has 2 aromatic carbocycles. The highest BCUT2D eigenvalue weighted by Gasteiger charge is 2.54. The van der Waals surface area contributed by atoms with Gasteiger partial charge < -0.3 is 5.32 Å². The van der Waals surface area contributed by atoms with Crippen LogP contribution in [-0.4, -0.2) is 26.4 Å². The molecule has 4 saturated carbocycles. The zero-order chi connectivity index (χ0) is 21.5. The molecule has 0 spiro atoms. The molecule has 0 unspecified atom stereocenters. The fourth-order valence-electron chi connectivity index (χ4n) is 6.75. The fourth-order valence-corrected chi connectivity index (χ4v) is 7.50. The van der Waals surface area contributed by atoms with Gasteiger partial charge in [-0.2, -0.15) is 0 Å². The van der Waals surface area contributed by atoms with Crippen LogP contribution < -0.4 is 5.32 Å². The van der Waals surface area contributed by atoms with Crippen LogP contribution in [-0.2, 0) is 10.2 Å². The second kappa shape index (κ2) is 8.07. The van der Waals surface area contributed by atoms with Crippen molar-refractivity contribution in [1.82, 2.24) is 14.8 Å². The zero-order valence-electron chi connectivity index (χ0n) is 18.1. The van der Waals surface area contributed by atoms with E-state index in [1.54, 1.807) is 0 Å². The van der Waals surface area contributed by atoms with Gasteiger partial charge in [0, 0.05) is 16.8 Å². The number of carbonyl (C=O) groups excluding carboxylic acids is 1. The molecule has 1 heterocycles. The predicted octanol–water partition coefficient (Wildman–Crippen LogP) is 5.47. The summed E-state index contributed by atoms with van der Waals surface area (Å²) in [6, 6.07) is 20.0. The summed E-state index contributed by atoms with van der Waals surface area (Å²) < 4.78 is 2.24. The van der Waals surface area contributed by atoms with Gasteiger partial charge in [0.1, 0.15) is 5.82 Å². The molecule has 4 fully saturated rings. The van der Waals surface area contributed by atoms with Gasteiger partial charge in [0.15, 0.2) is 5.16 Å². The van der Waals surface area contributed by atoms with E-state index >= 15 is 0 Å². The van der Waals surface area contributed by atoms with E-state index in [1.807, 2.05) is 36.4 Å². The highest BCUT2D eigenvalue weighted by molar-refractivity contribution is 7.99. The van der Waals surface area contributed by atoms with Crippen molar-refractivity contribution in [3.63, 3.8) is 0 Å². The molecular weight excluding hydrogens is 416 g/mol. The molecule has 164 valence electrons. The molecule has 4 aliphatic carbocycles. The SMILES string of the molecule is O=C(CSc1nnc(C23CC4CC(CC(C4)C2)C3)n1-c1ccccc1)Nc1ccccc1. The number of hydrogen-bond donors (Lipinski definition) is 1. The summed E-state index contributed by atoms with van der Waals surface area (Å²) in [5, 5.41) is 13.2. The lowest BCUT2D eigenvalue weighted by Crippen LogP contribution is -2.49. The van der Waals surface area contributed by atoms with Gasteiger partial charge in [0.25, 0.3) is 0 Å². The molecule has 5 nitrogen and oxygen atoms in total. The highest BCUT2D eigenvalue weighted by atomic mass is 32.2. The molecule has 0 atom stereocenters. The first-order valence-electron chi connectivity index (χ1n) is 11.7. The van der Waals surface area contributed by atoms with Crippen LogP contribution in [0.2, 0.25) is 0 Å². The van der Waals surface area contributed by atoms with Crippen LogP contribution in [0.15, 0.2) is 65.8 Å². The van der Waals surface area contributed by atoms with Crippen LogP contribution >= 0.6 is 11.8 Å². The van der Waals surface area contributed by atoms with Gasteiger partial charge in [-0.05, 0) is 80.5 Å². The summed E-state index contributed by atoms with van der Waals surface area (Å²) in [6.45, 7) is 0. The Hall–Kier alpha value is -2.60. The number of para-hydroxylation sites is 2. The number of carbonyl (C=O) groups is 1. The Balaban J connectivity index is 1.30. The van der Waals surface area contributed by atoms with Crippen molar-refractivity contribution in [1.29, 1.82) is 0 Å². The largest absolute Gasteiger partial charge is 0.325 e. The zero-order valence-corrected chi connectivity index (χ0v) is 18.9. The molecule has 4 bridgehead atoms. The summed E-state index contributed by atoms with van der Waals surface area (Å²) in [7, 11) is 0. The van der Waals surface area contributed by atoms with E-state index in [4.69, 9.17) is 5.10 Å². The van der Waals surface area contributed by atoms with Gasteiger partial charge in [0.05, 0.1) is 5.75 Å². The molecule has 4 aliphatic rings. The Morgan fingerprint density at radius 2 is 1.50 bits per heavy atom. The summed E-state index contributed by atoms with van der Waals surface area (Å²) in [6.07, 6.45) is 7.93. The summed E-state index contributed by atoms with van der Waals surface area (Å²) in [5.41, 5.74) is 2.05. The molecule has 32 heavy (non-hydrogen) atoms. The van der Waals surface area contributed by atoms with Gasteiger partial charge >= 0.3 is 0 Å². The van der Waals surface area contributed by atoms with E-state index in [0.29, 0.717) is 5.75 Å². The summed E-state index contributed by atoms with van der Waals surface area (Å²) >= 11 is 1.47. The quantitative estimate of drug-likeness (QED) is 0.513. The topological polar surface area (TPSA) is 59.8 Å². The Morgan fingerprint density at radius 1 is 0.906 bits per heavy atom. The average molecular weight is 445 g/mol. The second-order valence-electron chi connectivity index (χ2n) is 9.88. The van der Waals surface area contributed by atoms with E-state index in [-0.39, 0.29) is 11.3 Å². The molecule has 1 aromatic heterocycles. The van der Waals surface area contributed by atoms with E-state index in [0.717, 1.165) is 40.1 Å². The molecule has 7 rings (SSSR count). The monoisotopic (exact) mass is 444 g/mol. The predicted molar refractivity (Wildman–Crippen MR) is 127 cm³/mol. The molecular formula is C26H28N4OS. The average Bonchev–Trinajstić information content (AvgIpc) is 3.23. The second-order valence-corrected chi connectivity index (χ2v) is 10.8. The first-order valence-corrected chi connectivity index (χ1v) is 12.7. The Bertz CT molecular complexity index is 1080. The minimum Gasteiger partial charge on any atom is -0.325 e. The molecule has 6 heteroatoms. The Kier molecular flexibility index (Phi) is 5.05. The van der Waals surface area contributed by atoms with Crippen molar-refractivity contribution in [3.8, 4) is 5.69 Å². The van der Waals surface area contributed by atoms with Gasteiger partial charge in [0.2, 0.25) is 5.91 Å². The van der Waals surface area contributed by atoms with Crippen LogP contribution in [0, 0.1) is 17.8 Å². The molecule has 1 N–H and O–H groups in total. The van der Waals surface area contributed by atoms with Crippen molar-refractivity contribution in [3.05, 3.63) is 66.5 Å². The lowest BCUT2D eigenvalue weighted by Gasteiger charge is -2.56. The van der Waals surface area contributed by atoms with E-state index < -0.39 is 0 Å². The van der Waals surface area contributed by atoms with Crippen LogP contribution in [0.1, 0.15) is 44.3 Å². The summed E-state index contributed by atoms with van der Waals surface area (Å²) in [4.78, 5) is 12.6. The van der Waals surface area contributed by atoms with Crippen molar-refractivity contribution in [2.45, 2.75) is 49.1 Å². The highest BCUT2D eigenvalue weighted by Crippen LogP contribution is 2.60. The molecule has 0 aliphatic heterocycles. The van der Waals surface area contributed by atoms with Crippen LogP contribution in [0.4, 0.5) is 5.69 Å². The van der Waals surface area contributed by atoms with Gasteiger partial charge in [-0.25, -0.2) is 0 Å². The number of aromatic nitrogens is 3. The van der Waals surface area contributed by atoms with E-state index in [1.165, 1.54) is 50.3 Å². The first-order chi connectivity index (χ1) is 15.7. The van der Waals surface area contributed by atoms with Crippen LogP contribution in [0.3, 0.4) is 0 Å². The molecule has 3 aromatic rings. The maximum absolute atomic E-state index is 12.6. The molecule has 0 radical (unpaired) electrons. The number of nitrogens with one attached hydrogen (secondary N) is 1. The lowest BCUT2D eigenvalue weighted by molar-refractivity contribution is -0.113. The third-order valence-electron chi connectivity index (χ3n) is 7.55. The maximum atomic E-state index is 12.6. The third kappa shape index (κ3) is 3.64. The maximum Gasteiger partial charge on any atom is 0.234 e. The number of thioether (sulfide) groups is 1. The third-order valence-corrected chi connectivity index (χ3v) is 8.48. The van der Waals surface area contributed by atoms with Crippen molar-refractivity contribution < 1.29 is 4.79 Å². The number of hydrogen-bond acceptors (Lipinski definition) is 4.